The monoisotopic (exact) mass is 197 g/mol. The lowest BCUT2D eigenvalue weighted by Gasteiger charge is -2.14. The number of rotatable bonds is 3. The summed E-state index contributed by atoms with van der Waals surface area (Å²) < 4.78 is 78.6. The molecular weight excluding hydrogens is 170 g/mol. The van der Waals surface area contributed by atoms with Gasteiger partial charge in [0.15, 0.2) is 1.41 Å². The molecule has 1 aliphatic rings. The Morgan fingerprint density at radius 1 is 1.36 bits per heavy atom. The molecular formula is C13H17N. The Morgan fingerprint density at radius 2 is 2.21 bits per heavy atom. The Balaban J connectivity index is 2.58. The molecule has 0 saturated carbocycles. The first-order valence-corrected chi connectivity index (χ1v) is 4.30. The molecule has 1 aliphatic carbocycles. The van der Waals surface area contributed by atoms with E-state index in [4.69, 9.17) is 13.7 Å². The van der Waals surface area contributed by atoms with Crippen LogP contribution in [0.3, 0.4) is 0 Å². The molecule has 1 N–H and O–H groups in total. The summed E-state index contributed by atoms with van der Waals surface area (Å²) in [5.41, 5.74) is -0.213. The summed E-state index contributed by atoms with van der Waals surface area (Å²) in [6.45, 7) is -0.187. The van der Waals surface area contributed by atoms with E-state index in [0.29, 0.717) is 10.9 Å². The zero-order chi connectivity index (χ0) is 18.6. The summed E-state index contributed by atoms with van der Waals surface area (Å²) in [5.74, 6) is 0. The van der Waals surface area contributed by atoms with Gasteiger partial charge in [0.05, 0.1) is 1.37 Å². The van der Waals surface area contributed by atoms with Gasteiger partial charge < -0.3 is 5.31 Å². The van der Waals surface area contributed by atoms with Gasteiger partial charge in [0.1, 0.15) is 0 Å². The van der Waals surface area contributed by atoms with Gasteiger partial charge in [-0.15, -0.1) is 0 Å². The molecule has 2 rings (SSSR count). The van der Waals surface area contributed by atoms with E-state index in [1.807, 2.05) is 0 Å². The Bertz CT molecular complexity index is 652. The zero-order valence-electron chi connectivity index (χ0n) is 17.5. The van der Waals surface area contributed by atoms with E-state index in [1.54, 1.807) is 30.3 Å². The van der Waals surface area contributed by atoms with Crippen LogP contribution in [0.5, 0.6) is 0 Å². The second-order valence-electron chi connectivity index (χ2n) is 2.78. The maximum absolute atomic E-state index is 8.03. The van der Waals surface area contributed by atoms with Crippen molar-refractivity contribution in [3.63, 3.8) is 0 Å². The van der Waals surface area contributed by atoms with Crippen LogP contribution >= 0.6 is 0 Å². The normalized spacial score (nSPS) is 41.7. The van der Waals surface area contributed by atoms with Crippen LogP contribution in [0.1, 0.15) is 43.4 Å². The van der Waals surface area contributed by atoms with E-state index >= 15 is 0 Å². The summed E-state index contributed by atoms with van der Waals surface area (Å²) in [6, 6.07) is 7.41. The third kappa shape index (κ3) is 2.63. The van der Waals surface area contributed by atoms with Crippen LogP contribution in [0.2, 0.25) is 1.41 Å². The van der Waals surface area contributed by atoms with E-state index < -0.39 is 37.2 Å². The van der Waals surface area contributed by atoms with Crippen LogP contribution in [-0.2, 0) is 6.54 Å². The van der Waals surface area contributed by atoms with Crippen LogP contribution in [0, 0.1) is 0 Å². The minimum absolute atomic E-state index is 0.187. The molecule has 0 radical (unpaired) electrons. The lowest BCUT2D eigenvalue weighted by Crippen LogP contribution is -2.14. The molecule has 0 unspecified atom stereocenters. The van der Waals surface area contributed by atoms with Gasteiger partial charge in [-0.05, 0) is 31.1 Å². The molecule has 1 aromatic carbocycles. The highest BCUT2D eigenvalue weighted by Gasteiger charge is 2.02. The van der Waals surface area contributed by atoms with Gasteiger partial charge in [0.2, 0.25) is 0 Å². The van der Waals surface area contributed by atoms with Crippen molar-refractivity contribution in [2.45, 2.75) is 32.0 Å². The fourth-order valence-electron chi connectivity index (χ4n) is 1.08. The lowest BCUT2D eigenvalue weighted by atomic mass is 10.0. The zero-order valence-corrected chi connectivity index (χ0v) is 7.54. The van der Waals surface area contributed by atoms with Crippen molar-refractivity contribution >= 4 is 0 Å². The lowest BCUT2D eigenvalue weighted by molar-refractivity contribution is 0.639. The maximum Gasteiger partial charge on any atom is 0.160 e. The minimum atomic E-state index is -3.27. The maximum atomic E-state index is 8.03. The molecule has 74 valence electrons. The SMILES string of the molecule is [2H]C1=C(N([2H])Cc2ccccc2)C([2H])([2H])C([2H])([2H])C([2H])([2H])C1([2H])[2H]. The fraction of sp³-hybridized carbons (Fsp3) is 0.385. The van der Waals surface area contributed by atoms with E-state index in [2.05, 4.69) is 0 Å². The average Bonchev–Trinajstić information content (AvgIpc) is 2.46. The van der Waals surface area contributed by atoms with E-state index in [9.17, 15) is 0 Å². The van der Waals surface area contributed by atoms with Crippen molar-refractivity contribution in [1.82, 2.24) is 5.31 Å². The molecule has 0 heterocycles. The van der Waals surface area contributed by atoms with Crippen LogP contribution in [-0.4, -0.2) is 0 Å². The Labute approximate surface area is 99.9 Å². The highest BCUT2D eigenvalue weighted by molar-refractivity contribution is 5.15. The largest absolute Gasteiger partial charge is 0.385 e. The molecule has 0 amide bonds. The van der Waals surface area contributed by atoms with Gasteiger partial charge >= 0.3 is 0 Å². The quantitative estimate of drug-likeness (QED) is 0.784. The highest BCUT2D eigenvalue weighted by atomic mass is 14.9. The summed E-state index contributed by atoms with van der Waals surface area (Å²) in [7, 11) is 0. The van der Waals surface area contributed by atoms with Crippen molar-refractivity contribution < 1.29 is 13.7 Å². The van der Waals surface area contributed by atoms with Crippen LogP contribution in [0.15, 0.2) is 42.1 Å². The topological polar surface area (TPSA) is 12.0 Å². The second kappa shape index (κ2) is 4.85. The molecule has 0 aromatic heterocycles. The van der Waals surface area contributed by atoms with E-state index in [1.165, 1.54) is 0 Å². The van der Waals surface area contributed by atoms with Gasteiger partial charge in [-0.1, -0.05) is 36.4 Å². The number of hydrogen-bond acceptors (Lipinski definition) is 1. The number of hydrogen-bond donors (Lipinski definition) is 1. The first-order chi connectivity index (χ1) is 10.8. The van der Waals surface area contributed by atoms with Crippen molar-refractivity contribution in [1.29, 1.82) is 0 Å². The van der Waals surface area contributed by atoms with Gasteiger partial charge in [0.25, 0.3) is 0 Å². The predicted octanol–water partition coefficient (Wildman–Crippen LogP) is 3.23. The second-order valence-corrected chi connectivity index (χ2v) is 2.78. The molecule has 0 fully saturated rings. The van der Waals surface area contributed by atoms with E-state index in [-0.39, 0.29) is 6.54 Å². The Hall–Kier alpha value is -1.24. The highest BCUT2D eigenvalue weighted by Crippen LogP contribution is 2.15. The van der Waals surface area contributed by atoms with Crippen molar-refractivity contribution in [3.8, 4) is 0 Å². The molecule has 0 bridgehead atoms. The summed E-state index contributed by atoms with van der Waals surface area (Å²) in [6.07, 6.45) is -12.7. The third-order valence-corrected chi connectivity index (χ3v) is 1.75. The van der Waals surface area contributed by atoms with Crippen molar-refractivity contribution in [2.24, 2.45) is 0 Å². The molecule has 0 saturated heterocycles. The Morgan fingerprint density at radius 3 is 3.07 bits per heavy atom. The van der Waals surface area contributed by atoms with E-state index in [0.717, 1.165) is 0 Å². The van der Waals surface area contributed by atoms with Crippen LogP contribution in [0.25, 0.3) is 0 Å². The molecule has 1 aromatic rings. The summed E-state index contributed by atoms with van der Waals surface area (Å²) >= 11 is 0. The molecule has 0 aliphatic heterocycles. The molecule has 1 heteroatoms. The fourth-order valence-corrected chi connectivity index (χ4v) is 1.08. The molecule has 0 atom stereocenters. The first kappa shape index (κ1) is 3.13. The number of nitrogens with one attached hydrogen (secondary N) is 1. The minimum Gasteiger partial charge on any atom is -0.385 e. The van der Waals surface area contributed by atoms with Gasteiger partial charge in [-0.2, -0.15) is 0 Å². The number of allylic oxidation sites excluding steroid dienone is 2. The van der Waals surface area contributed by atoms with Gasteiger partial charge in [-0.25, -0.2) is 0 Å². The third-order valence-electron chi connectivity index (χ3n) is 1.75. The summed E-state index contributed by atoms with van der Waals surface area (Å²) in [5, 5.41) is 0.530. The van der Waals surface area contributed by atoms with Crippen molar-refractivity contribution in [3.05, 3.63) is 47.6 Å². The van der Waals surface area contributed by atoms with Gasteiger partial charge in [-0.3, -0.25) is 0 Å². The van der Waals surface area contributed by atoms with Crippen LogP contribution in [0.4, 0.5) is 0 Å². The average molecular weight is 197 g/mol. The Kier molecular flexibility index (Phi) is 1.08. The van der Waals surface area contributed by atoms with Crippen LogP contribution < -0.4 is 5.31 Å². The van der Waals surface area contributed by atoms with Crippen molar-refractivity contribution in [2.75, 3.05) is 0 Å². The molecule has 0 spiro atoms. The van der Waals surface area contributed by atoms with Gasteiger partial charge in [0, 0.05) is 23.2 Å². The summed E-state index contributed by atoms with van der Waals surface area (Å²) in [4.78, 5) is 0. The smallest absolute Gasteiger partial charge is 0.160 e. The molecule has 1 nitrogen and oxygen atoms in total. The first-order valence-electron chi connectivity index (χ1n) is 9.25. The standard InChI is InChI=1S/C13H17N/c1-3-7-12(8-4-1)11-14-13-9-5-2-6-10-13/h1,3-4,7-9,14H,2,5-6,10-11H2/i2D2,5D2,6D2,9D,10D2/hD. The predicted molar refractivity (Wildman–Crippen MR) is 59.8 cm³/mol. The molecule has 14 heavy (non-hydrogen) atoms. The number of benzene rings is 1.